The molecule has 196 valence electrons. The van der Waals surface area contributed by atoms with Crippen LogP contribution in [0.3, 0.4) is 0 Å². The van der Waals surface area contributed by atoms with Crippen LogP contribution in [0.15, 0.2) is 47.4 Å². The number of hydrogen-bond acceptors (Lipinski definition) is 6. The van der Waals surface area contributed by atoms with E-state index in [1.165, 1.54) is 30.3 Å². The average Bonchev–Trinajstić information content (AvgIpc) is 3.10. The summed E-state index contributed by atoms with van der Waals surface area (Å²) in [5.74, 6) is -0.679. The van der Waals surface area contributed by atoms with Crippen molar-refractivity contribution in [3.63, 3.8) is 0 Å². The fourth-order valence-corrected chi connectivity index (χ4v) is 4.36. The van der Waals surface area contributed by atoms with Crippen molar-refractivity contribution in [3.05, 3.63) is 59.2 Å². The third kappa shape index (κ3) is 5.65. The summed E-state index contributed by atoms with van der Waals surface area (Å²) in [5, 5.41) is 12.4. The van der Waals surface area contributed by atoms with Gasteiger partial charge in [0.2, 0.25) is 0 Å². The number of aliphatic hydroxyl groups is 1. The molecule has 0 radical (unpaired) electrons. The predicted octanol–water partition coefficient (Wildman–Crippen LogP) is 4.29. The smallest absolute Gasteiger partial charge is 0.421 e. The van der Waals surface area contributed by atoms with Gasteiger partial charge in [0.05, 0.1) is 11.4 Å². The summed E-state index contributed by atoms with van der Waals surface area (Å²) in [6.45, 7) is 5.51. The van der Waals surface area contributed by atoms with Gasteiger partial charge in [-0.25, -0.2) is 13.2 Å². The molecule has 2 atom stereocenters. The van der Waals surface area contributed by atoms with Crippen molar-refractivity contribution in [3.8, 4) is 0 Å². The summed E-state index contributed by atoms with van der Waals surface area (Å²) < 4.78 is 68.7. The molecule has 2 aromatic rings. The third-order valence-corrected chi connectivity index (χ3v) is 6.74. The summed E-state index contributed by atoms with van der Waals surface area (Å²) in [5.41, 5.74) is -3.39. The Bertz CT molecular complexity index is 1280. The van der Waals surface area contributed by atoms with Crippen molar-refractivity contribution in [2.24, 2.45) is 0 Å². The Morgan fingerprint density at radius 2 is 1.64 bits per heavy atom. The molecule has 0 saturated heterocycles. The molecular weight excluding hydrogens is 501 g/mol. The number of alkyl halides is 3. The van der Waals surface area contributed by atoms with Gasteiger partial charge in [-0.1, -0.05) is 18.2 Å². The molecule has 1 aliphatic rings. The summed E-state index contributed by atoms with van der Waals surface area (Å²) >= 11 is 0. The van der Waals surface area contributed by atoms with E-state index in [9.17, 15) is 36.3 Å². The Labute approximate surface area is 207 Å². The minimum absolute atomic E-state index is 0.0266. The van der Waals surface area contributed by atoms with E-state index in [4.69, 9.17) is 4.74 Å². The Kier molecular flexibility index (Phi) is 6.92. The lowest BCUT2D eigenvalue weighted by molar-refractivity contribution is -0.258. The average molecular weight is 529 g/mol. The molecule has 0 aromatic heterocycles. The van der Waals surface area contributed by atoms with Gasteiger partial charge in [-0.3, -0.25) is 9.69 Å². The summed E-state index contributed by atoms with van der Waals surface area (Å²) in [4.78, 5) is 27.4. The minimum atomic E-state index is -4.90. The first-order valence-corrected chi connectivity index (χ1v) is 12.7. The van der Waals surface area contributed by atoms with Gasteiger partial charge in [-0.2, -0.15) is 13.2 Å². The van der Waals surface area contributed by atoms with Crippen molar-refractivity contribution >= 4 is 27.5 Å². The first-order chi connectivity index (χ1) is 16.3. The van der Waals surface area contributed by atoms with Crippen LogP contribution in [-0.4, -0.2) is 48.5 Å². The van der Waals surface area contributed by atoms with Crippen LogP contribution in [0.5, 0.6) is 0 Å². The Hall–Kier alpha value is -3.12. The lowest BCUT2D eigenvalue weighted by atomic mass is 9.95. The van der Waals surface area contributed by atoms with Crippen LogP contribution in [-0.2, 0) is 31.5 Å². The number of carbonyl (C=O) groups excluding carboxylic acids is 2. The molecule has 0 spiro atoms. The van der Waals surface area contributed by atoms with E-state index in [0.29, 0.717) is 18.1 Å². The molecule has 0 fully saturated rings. The fourth-order valence-electron chi connectivity index (χ4n) is 3.68. The number of rotatable bonds is 4. The zero-order chi connectivity index (χ0) is 27.3. The standard InChI is InChI=1S/C24H27F3N2O6S/c1-22(2,3)35-21(31)29-13-14-12-17(36(5,33)34)10-11-18(14)19(29)20(30)28-16-8-6-15(7-9-16)23(4,32)24(25,26)27/h6-12,19,32H,13H2,1-5H3,(H,28,30). The highest BCUT2D eigenvalue weighted by Crippen LogP contribution is 2.39. The van der Waals surface area contributed by atoms with Gasteiger partial charge < -0.3 is 15.2 Å². The second kappa shape index (κ2) is 9.07. The van der Waals surface area contributed by atoms with E-state index in [1.54, 1.807) is 20.8 Å². The van der Waals surface area contributed by atoms with Gasteiger partial charge in [0.1, 0.15) is 11.6 Å². The van der Waals surface area contributed by atoms with Crippen LogP contribution in [0.2, 0.25) is 0 Å². The van der Waals surface area contributed by atoms with Crippen LogP contribution >= 0.6 is 0 Å². The summed E-state index contributed by atoms with van der Waals surface area (Å²) in [6.07, 6.45) is -4.65. The van der Waals surface area contributed by atoms with Gasteiger partial charge >= 0.3 is 12.3 Å². The van der Waals surface area contributed by atoms with E-state index < -0.39 is 50.8 Å². The Morgan fingerprint density at radius 1 is 1.06 bits per heavy atom. The zero-order valence-electron chi connectivity index (χ0n) is 20.3. The Balaban J connectivity index is 1.93. The molecule has 2 aromatic carbocycles. The van der Waals surface area contributed by atoms with Crippen LogP contribution in [0, 0.1) is 0 Å². The van der Waals surface area contributed by atoms with Crippen LogP contribution < -0.4 is 5.32 Å². The number of carbonyl (C=O) groups is 2. The number of benzene rings is 2. The SMILES string of the molecule is CC(C)(C)OC(=O)N1Cc2cc(S(C)(=O)=O)ccc2C1C(=O)Nc1ccc(C(C)(O)C(F)(F)F)cc1. The lowest BCUT2D eigenvalue weighted by Gasteiger charge is -2.28. The molecule has 0 aliphatic carbocycles. The van der Waals surface area contributed by atoms with E-state index in [1.807, 2.05) is 0 Å². The number of fused-ring (bicyclic) bond motifs is 1. The molecular formula is C24H27F3N2O6S. The predicted molar refractivity (Wildman–Crippen MR) is 125 cm³/mol. The molecule has 2 unspecified atom stereocenters. The summed E-state index contributed by atoms with van der Waals surface area (Å²) in [7, 11) is -3.54. The van der Waals surface area contributed by atoms with Crippen LogP contribution in [0.4, 0.5) is 23.7 Å². The van der Waals surface area contributed by atoms with Gasteiger partial charge in [-0.05, 0) is 68.7 Å². The highest BCUT2D eigenvalue weighted by atomic mass is 32.2. The van der Waals surface area contributed by atoms with Crippen molar-refractivity contribution < 1.29 is 41.0 Å². The molecule has 12 heteroatoms. The Morgan fingerprint density at radius 3 is 2.14 bits per heavy atom. The number of anilines is 1. The van der Waals surface area contributed by atoms with Crippen molar-refractivity contribution in [2.45, 2.75) is 62.6 Å². The van der Waals surface area contributed by atoms with Gasteiger partial charge in [0.25, 0.3) is 5.91 Å². The molecule has 1 aliphatic heterocycles. The van der Waals surface area contributed by atoms with E-state index in [-0.39, 0.29) is 17.1 Å². The van der Waals surface area contributed by atoms with Crippen molar-refractivity contribution in [2.75, 3.05) is 11.6 Å². The fraction of sp³-hybridized carbons (Fsp3) is 0.417. The van der Waals surface area contributed by atoms with E-state index >= 15 is 0 Å². The van der Waals surface area contributed by atoms with Gasteiger partial charge in [0.15, 0.2) is 15.4 Å². The lowest BCUT2D eigenvalue weighted by Crippen LogP contribution is -2.40. The number of amides is 2. The van der Waals surface area contributed by atoms with E-state index in [0.717, 1.165) is 23.3 Å². The highest BCUT2D eigenvalue weighted by Gasteiger charge is 2.51. The first-order valence-electron chi connectivity index (χ1n) is 10.8. The molecule has 0 bridgehead atoms. The second-order valence-electron chi connectivity index (χ2n) is 9.78. The second-order valence-corrected chi connectivity index (χ2v) is 11.8. The van der Waals surface area contributed by atoms with Gasteiger partial charge in [0, 0.05) is 11.9 Å². The maximum atomic E-state index is 13.3. The number of halogens is 3. The topological polar surface area (TPSA) is 113 Å². The molecule has 8 nitrogen and oxygen atoms in total. The highest BCUT2D eigenvalue weighted by molar-refractivity contribution is 7.90. The van der Waals surface area contributed by atoms with E-state index in [2.05, 4.69) is 5.32 Å². The number of nitrogens with zero attached hydrogens (tertiary/aromatic N) is 1. The first kappa shape index (κ1) is 27.5. The quantitative estimate of drug-likeness (QED) is 0.612. The molecule has 2 N–H and O–H groups in total. The molecule has 3 rings (SSSR count). The number of sulfone groups is 1. The largest absolute Gasteiger partial charge is 0.444 e. The monoisotopic (exact) mass is 528 g/mol. The maximum absolute atomic E-state index is 13.3. The summed E-state index contributed by atoms with van der Waals surface area (Å²) in [6, 6.07) is 7.48. The third-order valence-electron chi connectivity index (χ3n) is 5.63. The van der Waals surface area contributed by atoms with Crippen LogP contribution in [0.1, 0.15) is 50.4 Å². The molecule has 2 amide bonds. The molecule has 36 heavy (non-hydrogen) atoms. The van der Waals surface area contributed by atoms with Crippen molar-refractivity contribution in [1.82, 2.24) is 4.90 Å². The number of ether oxygens (including phenoxy) is 1. The van der Waals surface area contributed by atoms with Crippen LogP contribution in [0.25, 0.3) is 0 Å². The molecule has 1 heterocycles. The number of hydrogen-bond donors (Lipinski definition) is 2. The normalized spacial score (nSPS) is 17.8. The minimum Gasteiger partial charge on any atom is -0.444 e. The van der Waals surface area contributed by atoms with Crippen molar-refractivity contribution in [1.29, 1.82) is 0 Å². The number of nitrogens with one attached hydrogen (secondary N) is 1. The molecule has 0 saturated carbocycles. The maximum Gasteiger partial charge on any atom is 0.421 e. The zero-order valence-corrected chi connectivity index (χ0v) is 21.1. The van der Waals surface area contributed by atoms with Gasteiger partial charge in [-0.15, -0.1) is 0 Å².